The van der Waals surface area contributed by atoms with Gasteiger partial charge in [-0.2, -0.15) is 0 Å². The van der Waals surface area contributed by atoms with Crippen molar-refractivity contribution in [1.82, 2.24) is 10.6 Å². The summed E-state index contributed by atoms with van der Waals surface area (Å²) in [5.74, 6) is -0.775. The van der Waals surface area contributed by atoms with Crippen molar-refractivity contribution in [3.05, 3.63) is 81.8 Å². The van der Waals surface area contributed by atoms with E-state index in [4.69, 9.17) is 4.74 Å². The number of unbranched alkanes of at least 4 members (excludes halogenated alkanes) is 1. The number of carbonyl (C=O) groups excluding carboxylic acids is 2. The first-order valence-electron chi connectivity index (χ1n) is 12.7. The Morgan fingerprint density at radius 2 is 1.70 bits per heavy atom. The molecule has 0 bridgehead atoms. The molecule has 0 radical (unpaired) electrons. The number of benzene rings is 2. The van der Waals surface area contributed by atoms with E-state index in [9.17, 15) is 23.9 Å². The van der Waals surface area contributed by atoms with Crippen LogP contribution in [0.15, 0.2) is 59.4 Å². The van der Waals surface area contributed by atoms with Crippen molar-refractivity contribution in [3.63, 3.8) is 0 Å². The molecule has 3 aromatic carbocycles. The average Bonchev–Trinajstić information content (AvgIpc) is 3.55. The third-order valence-corrected chi connectivity index (χ3v) is 6.21. The second-order valence-corrected chi connectivity index (χ2v) is 9.72. The first-order valence-corrected chi connectivity index (χ1v) is 12.7. The zero-order valence-corrected chi connectivity index (χ0v) is 21.5. The van der Waals surface area contributed by atoms with Crippen molar-refractivity contribution in [3.8, 4) is 11.1 Å². The molecule has 37 heavy (non-hydrogen) atoms. The second kappa shape index (κ2) is 13.1. The van der Waals surface area contributed by atoms with Crippen LogP contribution in [0.1, 0.15) is 63.7 Å². The van der Waals surface area contributed by atoms with Crippen molar-refractivity contribution in [2.45, 2.75) is 71.2 Å². The van der Waals surface area contributed by atoms with Crippen molar-refractivity contribution < 1.29 is 23.8 Å². The Bertz CT molecular complexity index is 1170. The fraction of sp³-hybridized carbons (Fsp3) is 0.414. The molecular formula is C29H35FN2O5. The number of hydrogen-bond acceptors (Lipinski definition) is 5. The van der Waals surface area contributed by atoms with Gasteiger partial charge >= 0.3 is 6.09 Å². The highest BCUT2D eigenvalue weighted by molar-refractivity contribution is 5.86. The molecule has 0 aliphatic heterocycles. The molecule has 3 N–H and O–H groups in total. The van der Waals surface area contributed by atoms with Gasteiger partial charge in [-0.3, -0.25) is 9.59 Å². The number of aliphatic hydroxyl groups is 1. The summed E-state index contributed by atoms with van der Waals surface area (Å²) in [7, 11) is 0. The molecule has 0 aromatic heterocycles. The molecule has 3 aromatic rings. The van der Waals surface area contributed by atoms with E-state index in [1.165, 1.54) is 24.3 Å². The van der Waals surface area contributed by atoms with Gasteiger partial charge in [-0.05, 0) is 42.0 Å². The van der Waals surface area contributed by atoms with Crippen LogP contribution in [0.25, 0.3) is 11.1 Å². The van der Waals surface area contributed by atoms with Crippen molar-refractivity contribution in [2.24, 2.45) is 5.92 Å². The summed E-state index contributed by atoms with van der Waals surface area (Å²) in [6, 6.07) is 13.1. The first-order chi connectivity index (χ1) is 17.7. The van der Waals surface area contributed by atoms with Gasteiger partial charge in [-0.1, -0.05) is 76.1 Å². The second-order valence-electron chi connectivity index (χ2n) is 9.72. The number of carbonyl (C=O) groups is 2. The highest BCUT2D eigenvalue weighted by Gasteiger charge is 2.36. The maximum Gasteiger partial charge on any atom is 0.408 e. The Kier molecular flexibility index (Phi) is 9.97. The number of rotatable bonds is 13. The molecule has 7 nitrogen and oxygen atoms in total. The van der Waals surface area contributed by atoms with Gasteiger partial charge in [0.15, 0.2) is 5.43 Å². The lowest BCUT2D eigenvalue weighted by molar-refractivity contribution is -0.125. The minimum atomic E-state index is -1.22. The first kappa shape index (κ1) is 28.1. The fourth-order valence-electron chi connectivity index (χ4n) is 4.20. The molecule has 0 aliphatic carbocycles. The predicted octanol–water partition coefficient (Wildman–Crippen LogP) is 4.78. The van der Waals surface area contributed by atoms with Gasteiger partial charge in [0, 0.05) is 11.1 Å². The standard InChI is InChI=1S/C29H35FN2O5/c1-4-5-11-22(26(33)25-24(27(25)34)20-12-14-21(30)15-13-20)31-28(35)23(16-18(2)3)32-29(36)37-17-19-9-7-6-8-10-19/h6-10,12-15,18,22-23,26,33H,4-5,11,16-17H2,1-3H3,(H,31,35)(H,32,36)/t22-,23?,26?/m0/s1. The van der Waals surface area contributed by atoms with E-state index in [0.29, 0.717) is 24.0 Å². The van der Waals surface area contributed by atoms with Crippen molar-refractivity contribution in [1.29, 1.82) is 0 Å². The zero-order valence-electron chi connectivity index (χ0n) is 21.5. The van der Waals surface area contributed by atoms with Crippen LogP contribution in [-0.2, 0) is 16.1 Å². The molecule has 3 atom stereocenters. The van der Waals surface area contributed by atoms with Crippen LogP contribution >= 0.6 is 0 Å². The van der Waals surface area contributed by atoms with Crippen LogP contribution in [0, 0.1) is 11.7 Å². The third-order valence-electron chi connectivity index (χ3n) is 6.21. The average molecular weight is 511 g/mol. The summed E-state index contributed by atoms with van der Waals surface area (Å²) in [5.41, 5.74) is 1.63. The Morgan fingerprint density at radius 3 is 2.32 bits per heavy atom. The summed E-state index contributed by atoms with van der Waals surface area (Å²) in [6.45, 7) is 5.93. The summed E-state index contributed by atoms with van der Waals surface area (Å²) >= 11 is 0. The van der Waals surface area contributed by atoms with E-state index < -0.39 is 36.0 Å². The maximum atomic E-state index is 13.3. The quantitative estimate of drug-likeness (QED) is 0.307. The summed E-state index contributed by atoms with van der Waals surface area (Å²) in [6.07, 6.45) is 0.434. The molecule has 0 fully saturated rings. The number of halogens is 1. The third kappa shape index (κ3) is 7.98. The lowest BCUT2D eigenvalue weighted by Gasteiger charge is -2.26. The molecule has 2 unspecified atom stereocenters. The SMILES string of the molecule is CCCC[C@H](NC(=O)C(CC(C)C)NC(=O)OCc1ccccc1)C(O)c1c(-c2ccc(F)cc2)c1=O. The number of aliphatic hydroxyl groups excluding tert-OH is 1. The van der Waals surface area contributed by atoms with Crippen molar-refractivity contribution >= 4 is 12.0 Å². The summed E-state index contributed by atoms with van der Waals surface area (Å²) < 4.78 is 18.6. The van der Waals surface area contributed by atoms with Gasteiger partial charge in [0.2, 0.25) is 5.91 Å². The molecule has 8 heteroatoms. The monoisotopic (exact) mass is 510 g/mol. The Hall–Kier alpha value is -3.52. The van der Waals surface area contributed by atoms with Crippen LogP contribution in [0.4, 0.5) is 9.18 Å². The van der Waals surface area contributed by atoms with E-state index in [1.54, 1.807) is 0 Å². The highest BCUT2D eigenvalue weighted by atomic mass is 19.1. The van der Waals surface area contributed by atoms with Gasteiger partial charge in [-0.25, -0.2) is 9.18 Å². The molecule has 198 valence electrons. The number of alkyl carbamates (subject to hydrolysis) is 1. The minimum absolute atomic E-state index is 0.0724. The molecule has 0 saturated carbocycles. The number of hydrogen-bond donors (Lipinski definition) is 3. The van der Waals surface area contributed by atoms with Crippen LogP contribution in [0.5, 0.6) is 0 Å². The maximum absolute atomic E-state index is 13.3. The van der Waals surface area contributed by atoms with Gasteiger partial charge in [0.05, 0.1) is 6.04 Å². The van der Waals surface area contributed by atoms with E-state index in [1.807, 2.05) is 51.1 Å². The molecule has 2 amide bonds. The summed E-state index contributed by atoms with van der Waals surface area (Å²) in [4.78, 5) is 38.2. The molecule has 0 saturated heterocycles. The normalized spacial score (nSPS) is 13.8. The van der Waals surface area contributed by atoms with E-state index in [2.05, 4.69) is 10.6 Å². The number of amides is 2. The molecular weight excluding hydrogens is 475 g/mol. The van der Waals surface area contributed by atoms with Crippen LogP contribution in [0.2, 0.25) is 0 Å². The summed E-state index contributed by atoms with van der Waals surface area (Å²) in [5, 5.41) is 16.6. The van der Waals surface area contributed by atoms with E-state index >= 15 is 0 Å². The van der Waals surface area contributed by atoms with E-state index in [-0.39, 0.29) is 23.5 Å². The van der Waals surface area contributed by atoms with Crippen LogP contribution in [-0.4, -0.2) is 29.2 Å². The van der Waals surface area contributed by atoms with Gasteiger partial charge in [0.1, 0.15) is 24.6 Å². The number of ether oxygens (including phenoxy) is 1. The fourth-order valence-corrected chi connectivity index (χ4v) is 4.20. The van der Waals surface area contributed by atoms with Crippen LogP contribution < -0.4 is 16.1 Å². The highest BCUT2D eigenvalue weighted by Crippen LogP contribution is 2.33. The molecule has 3 rings (SSSR count). The van der Waals surface area contributed by atoms with E-state index in [0.717, 1.165) is 18.4 Å². The smallest absolute Gasteiger partial charge is 0.408 e. The topological polar surface area (TPSA) is 105 Å². The lowest BCUT2D eigenvalue weighted by atomic mass is 9.99. The Morgan fingerprint density at radius 1 is 1.03 bits per heavy atom. The van der Waals surface area contributed by atoms with Gasteiger partial charge in [0.25, 0.3) is 0 Å². The zero-order chi connectivity index (χ0) is 26.9. The molecule has 0 spiro atoms. The predicted molar refractivity (Wildman–Crippen MR) is 140 cm³/mol. The lowest BCUT2D eigenvalue weighted by Crippen LogP contribution is -2.51. The van der Waals surface area contributed by atoms with Gasteiger partial charge < -0.3 is 20.5 Å². The van der Waals surface area contributed by atoms with Crippen LogP contribution in [0.3, 0.4) is 0 Å². The molecule has 0 heterocycles. The van der Waals surface area contributed by atoms with Crippen molar-refractivity contribution in [2.75, 3.05) is 0 Å². The number of nitrogens with one attached hydrogen (secondary N) is 2. The Balaban J connectivity index is 1.69. The minimum Gasteiger partial charge on any atom is -0.445 e. The largest absolute Gasteiger partial charge is 0.445 e. The van der Waals surface area contributed by atoms with Gasteiger partial charge in [-0.15, -0.1) is 0 Å². The Labute approximate surface area is 216 Å². The molecule has 0 aliphatic rings.